The highest BCUT2D eigenvalue weighted by atomic mass is 19.4. The zero-order chi connectivity index (χ0) is 23.7. The minimum absolute atomic E-state index is 0.168. The van der Waals surface area contributed by atoms with E-state index in [-0.39, 0.29) is 12.5 Å². The molecule has 0 bridgehead atoms. The van der Waals surface area contributed by atoms with E-state index in [1.54, 1.807) is 53.4 Å². The molecule has 32 heavy (non-hydrogen) atoms. The van der Waals surface area contributed by atoms with Crippen LogP contribution in [-0.2, 0) is 16.1 Å². The summed E-state index contributed by atoms with van der Waals surface area (Å²) in [5.74, 6) is -1.25. The molecule has 2 heterocycles. The number of carboxylic acid groups (broad SMARTS) is 1. The van der Waals surface area contributed by atoms with E-state index in [9.17, 15) is 18.0 Å². The van der Waals surface area contributed by atoms with Gasteiger partial charge in [0.05, 0.1) is 23.5 Å². The lowest BCUT2D eigenvalue weighted by Crippen LogP contribution is -2.21. The van der Waals surface area contributed by atoms with Gasteiger partial charge in [0.1, 0.15) is 18.1 Å². The van der Waals surface area contributed by atoms with Gasteiger partial charge >= 0.3 is 12.1 Å². The molecule has 0 atom stereocenters. The minimum Gasteiger partial charge on any atom is -0.475 e. The Labute approximate surface area is 179 Å². The highest BCUT2D eigenvalue weighted by Crippen LogP contribution is 2.21. The maximum absolute atomic E-state index is 12.0. The summed E-state index contributed by atoms with van der Waals surface area (Å²) < 4.78 is 39.1. The molecule has 0 aliphatic carbocycles. The summed E-state index contributed by atoms with van der Waals surface area (Å²) in [6.07, 6.45) is -0.167. The van der Waals surface area contributed by atoms with Gasteiger partial charge in [-0.3, -0.25) is 4.79 Å². The van der Waals surface area contributed by atoms with E-state index in [2.05, 4.69) is 21.4 Å². The number of pyridine rings is 1. The lowest BCUT2D eigenvalue weighted by atomic mass is 10.2. The van der Waals surface area contributed by atoms with Crippen molar-refractivity contribution < 1.29 is 32.6 Å². The Bertz CT molecular complexity index is 1120. The van der Waals surface area contributed by atoms with Gasteiger partial charge in [0, 0.05) is 18.5 Å². The first-order chi connectivity index (χ1) is 15.1. The number of benzene rings is 1. The van der Waals surface area contributed by atoms with Crippen molar-refractivity contribution in [1.29, 1.82) is 5.26 Å². The largest absolute Gasteiger partial charge is 0.490 e. The molecule has 3 aromatic rings. The van der Waals surface area contributed by atoms with E-state index in [0.29, 0.717) is 22.9 Å². The Morgan fingerprint density at radius 1 is 1.25 bits per heavy atom. The molecule has 1 amide bonds. The lowest BCUT2D eigenvalue weighted by Gasteiger charge is -2.08. The Morgan fingerprint density at radius 2 is 1.97 bits per heavy atom. The number of carbonyl (C=O) groups excluding carboxylic acids is 1. The molecular weight excluding hydrogens is 431 g/mol. The average Bonchev–Trinajstić information content (AvgIpc) is 3.13. The fraction of sp³-hybridized carbons (Fsp3) is 0.150. The third kappa shape index (κ3) is 7.45. The topological polar surface area (TPSA) is 130 Å². The van der Waals surface area contributed by atoms with Gasteiger partial charge in [0.25, 0.3) is 0 Å². The van der Waals surface area contributed by atoms with Crippen LogP contribution in [0, 0.1) is 18.3 Å². The first kappa shape index (κ1) is 23.9. The standard InChI is InChI=1S/C18H15N5O2.C2HF3O2/c1-13-20-7-8-23(13)12-17(24)22-15-5-6-18(21-11-15)25-16-4-2-3-14(9-16)10-19;3-2(4,5)1(6)7/h2-9,11H,12H2,1H3,(H,22,24);(H,6,7). The van der Waals surface area contributed by atoms with Gasteiger partial charge in [-0.1, -0.05) is 6.07 Å². The lowest BCUT2D eigenvalue weighted by molar-refractivity contribution is -0.192. The van der Waals surface area contributed by atoms with E-state index in [0.717, 1.165) is 5.82 Å². The monoisotopic (exact) mass is 447 g/mol. The first-order valence-electron chi connectivity index (χ1n) is 8.80. The van der Waals surface area contributed by atoms with Gasteiger partial charge in [-0.2, -0.15) is 18.4 Å². The van der Waals surface area contributed by atoms with Crippen molar-refractivity contribution in [3.05, 3.63) is 66.4 Å². The van der Waals surface area contributed by atoms with E-state index in [1.165, 1.54) is 6.20 Å². The summed E-state index contributed by atoms with van der Waals surface area (Å²) >= 11 is 0. The molecule has 0 saturated heterocycles. The summed E-state index contributed by atoms with van der Waals surface area (Å²) in [4.78, 5) is 29.2. The summed E-state index contributed by atoms with van der Waals surface area (Å²) in [6.45, 7) is 2.02. The average molecular weight is 447 g/mol. The maximum atomic E-state index is 12.0. The van der Waals surface area contributed by atoms with Gasteiger partial charge < -0.3 is 19.7 Å². The normalized spacial score (nSPS) is 10.3. The predicted molar refractivity (Wildman–Crippen MR) is 105 cm³/mol. The van der Waals surface area contributed by atoms with Crippen LogP contribution in [0.4, 0.5) is 18.9 Å². The number of alkyl halides is 3. The summed E-state index contributed by atoms with van der Waals surface area (Å²) in [5.41, 5.74) is 1.08. The van der Waals surface area contributed by atoms with Gasteiger partial charge in [-0.05, 0) is 31.2 Å². The number of nitrogens with zero attached hydrogens (tertiary/aromatic N) is 4. The van der Waals surface area contributed by atoms with Crippen LogP contribution >= 0.6 is 0 Å². The van der Waals surface area contributed by atoms with E-state index >= 15 is 0 Å². The van der Waals surface area contributed by atoms with Crippen LogP contribution in [0.25, 0.3) is 0 Å². The van der Waals surface area contributed by atoms with Crippen LogP contribution < -0.4 is 10.1 Å². The van der Waals surface area contributed by atoms with Gasteiger partial charge in [0.2, 0.25) is 11.8 Å². The highest BCUT2D eigenvalue weighted by Gasteiger charge is 2.38. The molecule has 9 nitrogen and oxygen atoms in total. The molecule has 3 rings (SSSR count). The number of hydrogen-bond acceptors (Lipinski definition) is 6. The van der Waals surface area contributed by atoms with E-state index < -0.39 is 12.1 Å². The molecule has 0 aliphatic heterocycles. The number of hydrogen-bond donors (Lipinski definition) is 2. The predicted octanol–water partition coefficient (Wildman–Crippen LogP) is 3.52. The number of nitriles is 1. The fourth-order valence-electron chi connectivity index (χ4n) is 2.19. The van der Waals surface area contributed by atoms with Crippen molar-refractivity contribution >= 4 is 17.6 Å². The maximum Gasteiger partial charge on any atom is 0.490 e. The van der Waals surface area contributed by atoms with Crippen LogP contribution in [0.5, 0.6) is 11.6 Å². The third-order valence-corrected chi connectivity index (χ3v) is 3.69. The highest BCUT2D eigenvalue weighted by molar-refractivity contribution is 5.90. The first-order valence-corrected chi connectivity index (χ1v) is 8.80. The Kier molecular flexibility index (Phi) is 7.89. The Morgan fingerprint density at radius 3 is 2.50 bits per heavy atom. The molecule has 0 aliphatic rings. The van der Waals surface area contributed by atoms with E-state index in [4.69, 9.17) is 19.9 Å². The Balaban J connectivity index is 0.000000451. The van der Waals surface area contributed by atoms with Crippen LogP contribution in [0.3, 0.4) is 0 Å². The molecule has 2 N–H and O–H groups in total. The number of rotatable bonds is 5. The van der Waals surface area contributed by atoms with Crippen molar-refractivity contribution in [2.45, 2.75) is 19.6 Å². The number of aryl methyl sites for hydroxylation is 1. The van der Waals surface area contributed by atoms with Crippen molar-refractivity contribution in [1.82, 2.24) is 14.5 Å². The zero-order valence-electron chi connectivity index (χ0n) is 16.5. The molecule has 0 spiro atoms. The molecule has 0 fully saturated rings. The summed E-state index contributed by atoms with van der Waals surface area (Å²) in [7, 11) is 0. The second kappa shape index (κ2) is 10.6. The number of aliphatic carboxylic acids is 1. The number of amides is 1. The van der Waals surface area contributed by atoms with Crippen LogP contribution in [-0.4, -0.2) is 37.7 Å². The van der Waals surface area contributed by atoms with Crippen molar-refractivity contribution in [3.8, 4) is 17.7 Å². The van der Waals surface area contributed by atoms with Gasteiger partial charge in [-0.25, -0.2) is 14.8 Å². The molecule has 1 aromatic carbocycles. The van der Waals surface area contributed by atoms with E-state index in [1.807, 2.05) is 6.92 Å². The quantitative estimate of drug-likeness (QED) is 0.612. The zero-order valence-corrected chi connectivity index (χ0v) is 16.5. The molecular formula is C20H16F3N5O4. The van der Waals surface area contributed by atoms with Crippen molar-refractivity contribution in [2.75, 3.05) is 5.32 Å². The molecule has 166 valence electrons. The number of imidazole rings is 1. The number of nitrogens with one attached hydrogen (secondary N) is 1. The molecule has 12 heteroatoms. The summed E-state index contributed by atoms with van der Waals surface area (Å²) in [6, 6.07) is 12.2. The van der Waals surface area contributed by atoms with Crippen LogP contribution in [0.2, 0.25) is 0 Å². The fourth-order valence-corrected chi connectivity index (χ4v) is 2.19. The van der Waals surface area contributed by atoms with Crippen LogP contribution in [0.15, 0.2) is 55.0 Å². The van der Waals surface area contributed by atoms with Gasteiger partial charge in [-0.15, -0.1) is 0 Å². The SMILES string of the molecule is Cc1nccn1CC(=O)Nc1ccc(Oc2cccc(C#N)c2)nc1.O=C(O)C(F)(F)F. The molecule has 0 saturated carbocycles. The summed E-state index contributed by atoms with van der Waals surface area (Å²) in [5, 5.41) is 18.8. The number of anilines is 1. The third-order valence-electron chi connectivity index (χ3n) is 3.69. The minimum atomic E-state index is -5.08. The second-order valence-corrected chi connectivity index (χ2v) is 6.08. The van der Waals surface area contributed by atoms with Crippen molar-refractivity contribution in [3.63, 3.8) is 0 Å². The number of ether oxygens (including phenoxy) is 1. The molecule has 0 radical (unpaired) electrons. The smallest absolute Gasteiger partial charge is 0.475 e. The number of halogens is 3. The number of carbonyl (C=O) groups is 2. The number of carboxylic acids is 1. The molecule has 2 aromatic heterocycles. The van der Waals surface area contributed by atoms with Crippen molar-refractivity contribution in [2.24, 2.45) is 0 Å². The second-order valence-electron chi connectivity index (χ2n) is 6.08. The van der Waals surface area contributed by atoms with Gasteiger partial charge in [0.15, 0.2) is 0 Å². The Hall–Kier alpha value is -4.40. The number of aromatic nitrogens is 3. The van der Waals surface area contributed by atoms with Crippen LogP contribution in [0.1, 0.15) is 11.4 Å². The molecule has 0 unspecified atom stereocenters.